The lowest BCUT2D eigenvalue weighted by Gasteiger charge is -2.35. The summed E-state index contributed by atoms with van der Waals surface area (Å²) in [7, 11) is 0. The Kier molecular flexibility index (Phi) is 8.40. The Hall–Kier alpha value is -1.58. The van der Waals surface area contributed by atoms with Gasteiger partial charge in [0.15, 0.2) is 6.61 Å². The van der Waals surface area contributed by atoms with Crippen molar-refractivity contribution in [3.05, 3.63) is 30.1 Å². The van der Waals surface area contributed by atoms with Crippen LogP contribution in [0.3, 0.4) is 0 Å². The average Bonchev–Trinajstić information content (AvgIpc) is 2.53. The van der Waals surface area contributed by atoms with Crippen LogP contribution in [0.15, 0.2) is 24.3 Å². The van der Waals surface area contributed by atoms with Gasteiger partial charge in [0.05, 0.1) is 0 Å². The number of rotatable bonds is 6. The second kappa shape index (κ2) is 9.79. The number of carbonyl (C=O) groups is 1. The second-order valence-corrected chi connectivity index (χ2v) is 5.39. The summed E-state index contributed by atoms with van der Waals surface area (Å²) in [6.45, 7) is 0.455. The Labute approximate surface area is 149 Å². The number of alkyl halides is 3. The minimum Gasteiger partial charge on any atom is -0.484 e. The Morgan fingerprint density at radius 2 is 2.00 bits per heavy atom. The zero-order chi connectivity index (χ0) is 17.6. The van der Waals surface area contributed by atoms with Crippen LogP contribution in [0.25, 0.3) is 0 Å². The molecule has 0 radical (unpaired) electrons. The summed E-state index contributed by atoms with van der Waals surface area (Å²) in [6, 6.07) is 3.43. The molecule has 1 unspecified atom stereocenters. The number of nitrogens with zero attached hydrogens (tertiary/aromatic N) is 1. The molecular weight excluding hydrogens is 366 g/mol. The summed E-state index contributed by atoms with van der Waals surface area (Å²) < 4.78 is 57.5. The molecule has 25 heavy (non-hydrogen) atoms. The van der Waals surface area contributed by atoms with Gasteiger partial charge in [0, 0.05) is 38.8 Å². The van der Waals surface area contributed by atoms with Crippen LogP contribution >= 0.6 is 12.4 Å². The van der Waals surface area contributed by atoms with Crippen LogP contribution in [0, 0.1) is 5.82 Å². The third-order valence-electron chi connectivity index (χ3n) is 3.63. The summed E-state index contributed by atoms with van der Waals surface area (Å²) in [5.41, 5.74) is 0. The highest BCUT2D eigenvalue weighted by Gasteiger charge is 2.43. The van der Waals surface area contributed by atoms with Gasteiger partial charge < -0.3 is 15.4 Å². The minimum atomic E-state index is -4.44. The lowest BCUT2D eigenvalue weighted by molar-refractivity contribution is -0.184. The van der Waals surface area contributed by atoms with Crippen molar-refractivity contribution in [2.24, 2.45) is 0 Å². The van der Waals surface area contributed by atoms with Crippen LogP contribution < -0.4 is 15.4 Å². The van der Waals surface area contributed by atoms with Gasteiger partial charge in [0.25, 0.3) is 5.91 Å². The fourth-order valence-electron chi connectivity index (χ4n) is 2.41. The lowest BCUT2D eigenvalue weighted by Crippen LogP contribution is -2.57. The van der Waals surface area contributed by atoms with E-state index < -0.39 is 37.1 Å². The Morgan fingerprint density at radius 1 is 1.32 bits per heavy atom. The largest absolute Gasteiger partial charge is 0.484 e. The average molecular weight is 386 g/mol. The molecule has 0 spiro atoms. The van der Waals surface area contributed by atoms with Gasteiger partial charge >= 0.3 is 6.18 Å². The Balaban J connectivity index is 0.00000312. The first-order chi connectivity index (χ1) is 11.4. The standard InChI is InChI=1S/C15H19F4N3O2.ClH/c16-11-2-1-3-12(8-11)24-10-14(23)21-9-13(15(17,18)19)22-6-4-20-5-7-22;/h1-3,8,13,20H,4-7,9-10H2,(H,21,23);1H. The quantitative estimate of drug-likeness (QED) is 0.730. The van der Waals surface area contributed by atoms with E-state index in [1.807, 2.05) is 0 Å². The van der Waals surface area contributed by atoms with Crippen molar-refractivity contribution in [1.29, 1.82) is 0 Å². The summed E-state index contributed by atoms with van der Waals surface area (Å²) >= 11 is 0. The fourth-order valence-corrected chi connectivity index (χ4v) is 2.41. The van der Waals surface area contributed by atoms with Gasteiger partial charge in [-0.05, 0) is 12.1 Å². The van der Waals surface area contributed by atoms with E-state index in [0.717, 1.165) is 6.07 Å². The molecule has 1 saturated heterocycles. The first-order valence-corrected chi connectivity index (χ1v) is 7.53. The molecule has 0 aliphatic carbocycles. The molecule has 2 N–H and O–H groups in total. The van der Waals surface area contributed by atoms with Crippen molar-refractivity contribution in [2.75, 3.05) is 39.3 Å². The molecule has 1 aromatic carbocycles. The third-order valence-corrected chi connectivity index (χ3v) is 3.63. The minimum absolute atomic E-state index is 0. The van der Waals surface area contributed by atoms with Crippen molar-refractivity contribution >= 4 is 18.3 Å². The Bertz CT molecular complexity index is 554. The number of hydrogen-bond acceptors (Lipinski definition) is 4. The van der Waals surface area contributed by atoms with Gasteiger partial charge in [-0.1, -0.05) is 6.07 Å². The van der Waals surface area contributed by atoms with Gasteiger partial charge in [0.1, 0.15) is 17.6 Å². The molecule has 1 amide bonds. The number of halogens is 5. The number of nitrogens with one attached hydrogen (secondary N) is 2. The van der Waals surface area contributed by atoms with Crippen molar-refractivity contribution in [3.8, 4) is 5.75 Å². The summed E-state index contributed by atoms with van der Waals surface area (Å²) in [5.74, 6) is -1.08. The number of amides is 1. The van der Waals surface area contributed by atoms with Gasteiger partial charge in [-0.3, -0.25) is 9.69 Å². The third kappa shape index (κ3) is 7.05. The fraction of sp³-hybridized carbons (Fsp3) is 0.533. The van der Waals surface area contributed by atoms with Crippen LogP contribution in [0.2, 0.25) is 0 Å². The van der Waals surface area contributed by atoms with Gasteiger partial charge in [-0.25, -0.2) is 4.39 Å². The predicted octanol–water partition coefficient (Wildman–Crippen LogP) is 1.58. The zero-order valence-electron chi connectivity index (χ0n) is 13.3. The summed E-state index contributed by atoms with van der Waals surface area (Å²) in [5, 5.41) is 5.21. The molecule has 2 rings (SSSR count). The smallest absolute Gasteiger partial charge is 0.405 e. The zero-order valence-corrected chi connectivity index (χ0v) is 14.1. The molecule has 1 heterocycles. The maximum atomic E-state index is 13.2. The molecule has 10 heteroatoms. The van der Waals surface area contributed by atoms with E-state index in [1.165, 1.54) is 23.1 Å². The lowest BCUT2D eigenvalue weighted by atomic mass is 10.2. The van der Waals surface area contributed by atoms with Gasteiger partial charge in [0.2, 0.25) is 0 Å². The van der Waals surface area contributed by atoms with Crippen molar-refractivity contribution in [3.63, 3.8) is 0 Å². The van der Waals surface area contributed by atoms with E-state index in [1.54, 1.807) is 0 Å². The Morgan fingerprint density at radius 3 is 2.60 bits per heavy atom. The molecule has 0 bridgehead atoms. The second-order valence-electron chi connectivity index (χ2n) is 5.39. The molecule has 1 aliphatic rings. The summed E-state index contributed by atoms with van der Waals surface area (Å²) in [4.78, 5) is 13.0. The van der Waals surface area contributed by atoms with Crippen molar-refractivity contribution in [2.45, 2.75) is 12.2 Å². The molecule has 5 nitrogen and oxygen atoms in total. The van der Waals surface area contributed by atoms with Gasteiger partial charge in [-0.15, -0.1) is 12.4 Å². The van der Waals surface area contributed by atoms with Crippen LogP contribution in [-0.4, -0.2) is 62.4 Å². The first-order valence-electron chi connectivity index (χ1n) is 7.53. The molecule has 0 saturated carbocycles. The number of carbonyl (C=O) groups excluding carboxylic acids is 1. The van der Waals surface area contributed by atoms with E-state index in [2.05, 4.69) is 10.6 Å². The SMILES string of the molecule is Cl.O=C(COc1cccc(F)c1)NCC(N1CCNCC1)C(F)(F)F. The van der Waals surface area contributed by atoms with Crippen LogP contribution in [0.5, 0.6) is 5.75 Å². The van der Waals surface area contributed by atoms with E-state index >= 15 is 0 Å². The normalized spacial score (nSPS) is 16.6. The monoisotopic (exact) mass is 385 g/mol. The topological polar surface area (TPSA) is 53.6 Å². The molecule has 1 atom stereocenters. The molecular formula is C15H20ClF4N3O2. The maximum absolute atomic E-state index is 13.2. The van der Waals surface area contributed by atoms with Crippen LogP contribution in [0.1, 0.15) is 0 Å². The number of piperazine rings is 1. The van der Waals surface area contributed by atoms with Crippen LogP contribution in [-0.2, 0) is 4.79 Å². The first kappa shape index (κ1) is 21.5. The molecule has 0 aromatic heterocycles. The van der Waals surface area contributed by atoms with E-state index in [9.17, 15) is 22.4 Å². The highest BCUT2D eigenvalue weighted by Crippen LogP contribution is 2.24. The highest BCUT2D eigenvalue weighted by atomic mass is 35.5. The van der Waals surface area contributed by atoms with E-state index in [4.69, 9.17) is 4.74 Å². The maximum Gasteiger partial charge on any atom is 0.405 e. The predicted molar refractivity (Wildman–Crippen MR) is 86.4 cm³/mol. The highest BCUT2D eigenvalue weighted by molar-refractivity contribution is 5.85. The number of ether oxygens (including phenoxy) is 1. The molecule has 1 fully saturated rings. The van der Waals surface area contributed by atoms with Gasteiger partial charge in [-0.2, -0.15) is 13.2 Å². The summed E-state index contributed by atoms with van der Waals surface area (Å²) in [6.07, 6.45) is -4.44. The number of hydrogen-bond donors (Lipinski definition) is 2. The molecule has 142 valence electrons. The molecule has 1 aromatic rings. The van der Waals surface area contributed by atoms with Crippen molar-refractivity contribution in [1.82, 2.24) is 15.5 Å². The van der Waals surface area contributed by atoms with Crippen molar-refractivity contribution < 1.29 is 27.1 Å². The van der Waals surface area contributed by atoms with E-state index in [0.29, 0.717) is 13.1 Å². The van der Waals surface area contributed by atoms with E-state index in [-0.39, 0.29) is 31.2 Å². The van der Waals surface area contributed by atoms with Crippen LogP contribution in [0.4, 0.5) is 17.6 Å². The number of benzene rings is 1. The molecule has 1 aliphatic heterocycles.